The Hall–Kier alpha value is -1.07. The molecular weight excluding hydrogens is 229 g/mol. The summed E-state index contributed by atoms with van der Waals surface area (Å²) in [6.45, 7) is 1.81. The maximum atomic E-state index is 12.6. The Balaban J connectivity index is 2.53. The number of benzene rings is 1. The van der Waals surface area contributed by atoms with Crippen LogP contribution in [-0.4, -0.2) is 20.1 Å². The van der Waals surface area contributed by atoms with Crippen molar-refractivity contribution in [2.75, 3.05) is 20.1 Å². The number of halogens is 3. The predicted molar refractivity (Wildman–Crippen MR) is 61.7 cm³/mol. The van der Waals surface area contributed by atoms with E-state index in [1.807, 2.05) is 7.05 Å². The molecule has 0 saturated heterocycles. The fourth-order valence-electron chi connectivity index (χ4n) is 1.56. The second-order valence-electron chi connectivity index (χ2n) is 3.79. The minimum atomic E-state index is -4.27. The van der Waals surface area contributed by atoms with Gasteiger partial charge in [0.1, 0.15) is 0 Å². The molecule has 2 N–H and O–H groups in total. The van der Waals surface area contributed by atoms with Crippen molar-refractivity contribution in [3.63, 3.8) is 0 Å². The lowest BCUT2D eigenvalue weighted by Crippen LogP contribution is -2.21. The number of rotatable bonds is 6. The van der Waals surface area contributed by atoms with Gasteiger partial charge in [0.2, 0.25) is 0 Å². The third-order valence-electron chi connectivity index (χ3n) is 2.42. The Morgan fingerprint density at radius 1 is 1.12 bits per heavy atom. The van der Waals surface area contributed by atoms with Gasteiger partial charge in [-0.25, -0.2) is 0 Å². The van der Waals surface area contributed by atoms with Crippen molar-refractivity contribution in [1.82, 2.24) is 10.6 Å². The van der Waals surface area contributed by atoms with Crippen molar-refractivity contribution in [3.8, 4) is 0 Å². The summed E-state index contributed by atoms with van der Waals surface area (Å²) in [5.41, 5.74) is -0.259. The Morgan fingerprint density at radius 3 is 2.47 bits per heavy atom. The van der Waals surface area contributed by atoms with Crippen LogP contribution in [0.25, 0.3) is 0 Å². The van der Waals surface area contributed by atoms with Gasteiger partial charge in [0.25, 0.3) is 0 Å². The molecule has 0 radical (unpaired) electrons. The molecule has 0 atom stereocenters. The molecule has 0 saturated carbocycles. The first-order chi connectivity index (χ1) is 8.05. The zero-order chi connectivity index (χ0) is 12.7. The van der Waals surface area contributed by atoms with E-state index in [4.69, 9.17) is 0 Å². The van der Waals surface area contributed by atoms with Crippen molar-refractivity contribution in [3.05, 3.63) is 35.4 Å². The maximum Gasteiger partial charge on any atom is 0.416 e. The Morgan fingerprint density at radius 2 is 1.82 bits per heavy atom. The van der Waals surface area contributed by atoms with E-state index in [9.17, 15) is 13.2 Å². The van der Waals surface area contributed by atoms with Crippen LogP contribution in [0, 0.1) is 0 Å². The highest BCUT2D eigenvalue weighted by Crippen LogP contribution is 2.31. The van der Waals surface area contributed by atoms with Crippen molar-refractivity contribution in [2.24, 2.45) is 0 Å². The summed E-state index contributed by atoms with van der Waals surface area (Å²) in [4.78, 5) is 0. The SMILES string of the molecule is CNCCCNCc1ccccc1C(F)(F)F. The van der Waals surface area contributed by atoms with Gasteiger partial charge in [-0.3, -0.25) is 0 Å². The predicted octanol–water partition coefficient (Wildman–Crippen LogP) is 2.40. The molecule has 0 bridgehead atoms. The minimum absolute atomic E-state index is 0.249. The highest BCUT2D eigenvalue weighted by atomic mass is 19.4. The van der Waals surface area contributed by atoms with Gasteiger partial charge in [-0.15, -0.1) is 0 Å². The van der Waals surface area contributed by atoms with Crippen LogP contribution >= 0.6 is 0 Å². The number of hydrogen-bond acceptors (Lipinski definition) is 2. The lowest BCUT2D eigenvalue weighted by atomic mass is 10.1. The molecule has 1 aromatic carbocycles. The largest absolute Gasteiger partial charge is 0.416 e. The maximum absolute atomic E-state index is 12.6. The highest BCUT2D eigenvalue weighted by molar-refractivity contribution is 5.29. The van der Waals surface area contributed by atoms with E-state index < -0.39 is 11.7 Å². The molecule has 1 rings (SSSR count). The fourth-order valence-corrected chi connectivity index (χ4v) is 1.56. The van der Waals surface area contributed by atoms with E-state index in [-0.39, 0.29) is 6.54 Å². The van der Waals surface area contributed by atoms with Gasteiger partial charge in [0.05, 0.1) is 5.56 Å². The van der Waals surface area contributed by atoms with Crippen LogP contribution in [-0.2, 0) is 12.7 Å². The van der Waals surface area contributed by atoms with Gasteiger partial charge in [0.15, 0.2) is 0 Å². The number of alkyl halides is 3. The van der Waals surface area contributed by atoms with Crippen molar-refractivity contribution < 1.29 is 13.2 Å². The van der Waals surface area contributed by atoms with Crippen molar-refractivity contribution >= 4 is 0 Å². The molecule has 1 aromatic rings. The summed E-state index contributed by atoms with van der Waals surface area (Å²) in [5.74, 6) is 0. The van der Waals surface area contributed by atoms with Gasteiger partial charge in [-0.05, 0) is 38.2 Å². The average Bonchev–Trinajstić information content (AvgIpc) is 2.28. The smallest absolute Gasteiger partial charge is 0.320 e. The van der Waals surface area contributed by atoms with Gasteiger partial charge >= 0.3 is 6.18 Å². The zero-order valence-corrected chi connectivity index (χ0v) is 9.77. The molecule has 0 fully saturated rings. The van der Waals surface area contributed by atoms with Crippen LogP contribution in [0.1, 0.15) is 17.5 Å². The summed E-state index contributed by atoms with van der Waals surface area (Å²) < 4.78 is 37.9. The lowest BCUT2D eigenvalue weighted by Gasteiger charge is -2.13. The van der Waals surface area contributed by atoms with Crippen LogP contribution in [0.15, 0.2) is 24.3 Å². The summed E-state index contributed by atoms with van der Waals surface area (Å²) in [7, 11) is 1.85. The first kappa shape index (κ1) is 14.0. The van der Waals surface area contributed by atoms with Crippen LogP contribution in [0.5, 0.6) is 0 Å². The first-order valence-electron chi connectivity index (χ1n) is 5.56. The van der Waals surface area contributed by atoms with Crippen LogP contribution < -0.4 is 10.6 Å². The quantitative estimate of drug-likeness (QED) is 0.753. The minimum Gasteiger partial charge on any atom is -0.320 e. The third-order valence-corrected chi connectivity index (χ3v) is 2.42. The normalized spacial score (nSPS) is 11.8. The molecule has 2 nitrogen and oxygen atoms in total. The molecule has 0 aliphatic heterocycles. The van der Waals surface area contributed by atoms with Crippen LogP contribution in [0.3, 0.4) is 0 Å². The summed E-state index contributed by atoms with van der Waals surface area (Å²) >= 11 is 0. The van der Waals surface area contributed by atoms with Crippen molar-refractivity contribution in [2.45, 2.75) is 19.1 Å². The summed E-state index contributed by atoms with van der Waals surface area (Å²) in [6.07, 6.45) is -3.38. The summed E-state index contributed by atoms with van der Waals surface area (Å²) in [5, 5.41) is 5.99. The van der Waals surface area contributed by atoms with Gasteiger partial charge in [-0.1, -0.05) is 18.2 Å². The molecule has 0 heterocycles. The molecule has 17 heavy (non-hydrogen) atoms. The molecule has 0 spiro atoms. The lowest BCUT2D eigenvalue weighted by molar-refractivity contribution is -0.138. The highest BCUT2D eigenvalue weighted by Gasteiger charge is 2.32. The van der Waals surface area contributed by atoms with Crippen LogP contribution in [0.2, 0.25) is 0 Å². The molecule has 0 unspecified atom stereocenters. The van der Waals surface area contributed by atoms with Crippen molar-refractivity contribution in [1.29, 1.82) is 0 Å². The molecular formula is C12H17F3N2. The van der Waals surface area contributed by atoms with E-state index in [2.05, 4.69) is 10.6 Å². The molecule has 0 aliphatic rings. The standard InChI is InChI=1S/C12H17F3N2/c1-16-7-4-8-17-9-10-5-2-3-6-11(10)12(13,14)15/h2-3,5-6,16-17H,4,7-9H2,1H3. The zero-order valence-electron chi connectivity index (χ0n) is 9.77. The fraction of sp³-hybridized carbons (Fsp3) is 0.500. The van der Waals surface area contributed by atoms with E-state index in [0.717, 1.165) is 19.0 Å². The molecule has 5 heteroatoms. The Bertz CT molecular complexity index is 337. The van der Waals surface area contributed by atoms with E-state index in [0.29, 0.717) is 12.1 Å². The third kappa shape index (κ3) is 4.75. The van der Waals surface area contributed by atoms with E-state index >= 15 is 0 Å². The molecule has 0 aromatic heterocycles. The van der Waals surface area contributed by atoms with Gasteiger partial charge < -0.3 is 10.6 Å². The molecule has 96 valence electrons. The summed E-state index contributed by atoms with van der Waals surface area (Å²) in [6, 6.07) is 5.66. The topological polar surface area (TPSA) is 24.1 Å². The average molecular weight is 246 g/mol. The Kier molecular flexibility index (Phi) is 5.44. The van der Waals surface area contributed by atoms with E-state index in [1.54, 1.807) is 6.07 Å². The molecule has 0 aliphatic carbocycles. The Labute approximate surface area is 99.2 Å². The van der Waals surface area contributed by atoms with Crippen LogP contribution in [0.4, 0.5) is 13.2 Å². The van der Waals surface area contributed by atoms with Gasteiger partial charge in [0, 0.05) is 6.54 Å². The second kappa shape index (κ2) is 6.61. The monoisotopic (exact) mass is 246 g/mol. The second-order valence-corrected chi connectivity index (χ2v) is 3.79. The van der Waals surface area contributed by atoms with Gasteiger partial charge in [-0.2, -0.15) is 13.2 Å². The van der Waals surface area contributed by atoms with E-state index in [1.165, 1.54) is 12.1 Å². The first-order valence-corrected chi connectivity index (χ1v) is 5.56. The number of hydrogen-bond donors (Lipinski definition) is 2. The molecule has 0 amide bonds. The number of nitrogens with one attached hydrogen (secondary N) is 2.